The summed E-state index contributed by atoms with van der Waals surface area (Å²) in [5.74, 6) is 4.20. The van der Waals surface area contributed by atoms with Crippen molar-refractivity contribution in [3.05, 3.63) is 12.2 Å². The molecule has 6 heteroatoms. The normalized spacial score (nSPS) is 13.6. The predicted molar refractivity (Wildman–Crippen MR) is 75.7 cm³/mol. The van der Waals surface area contributed by atoms with Crippen molar-refractivity contribution in [3.8, 4) is 11.8 Å². The SMILES string of the molecule is CCOC(=O)C(CC#CC1CC1)(CC=C(F)F)C(=O)OCC. The fourth-order valence-corrected chi connectivity index (χ4v) is 1.83. The van der Waals surface area contributed by atoms with Gasteiger partial charge in [0.1, 0.15) is 0 Å². The number of halogens is 2. The smallest absolute Gasteiger partial charge is 0.324 e. The van der Waals surface area contributed by atoms with Gasteiger partial charge in [0.25, 0.3) is 6.08 Å². The molecule has 0 aromatic heterocycles. The number of carbonyl (C=O) groups is 2. The molecule has 1 saturated carbocycles. The molecule has 0 N–H and O–H groups in total. The van der Waals surface area contributed by atoms with Gasteiger partial charge >= 0.3 is 11.9 Å². The molecule has 1 rings (SSSR count). The summed E-state index contributed by atoms with van der Waals surface area (Å²) in [6.07, 6.45) is -0.146. The van der Waals surface area contributed by atoms with Crippen molar-refractivity contribution in [1.29, 1.82) is 0 Å². The van der Waals surface area contributed by atoms with Gasteiger partial charge in [0.15, 0.2) is 5.41 Å². The van der Waals surface area contributed by atoms with Crippen LogP contribution in [0.15, 0.2) is 12.2 Å². The van der Waals surface area contributed by atoms with Crippen LogP contribution in [0.1, 0.15) is 39.5 Å². The first-order chi connectivity index (χ1) is 10.5. The minimum atomic E-state index is -1.96. The van der Waals surface area contributed by atoms with Crippen molar-refractivity contribution in [2.24, 2.45) is 11.3 Å². The van der Waals surface area contributed by atoms with Gasteiger partial charge in [-0.3, -0.25) is 9.59 Å². The summed E-state index contributed by atoms with van der Waals surface area (Å²) in [7, 11) is 0. The van der Waals surface area contributed by atoms with E-state index in [1.165, 1.54) is 0 Å². The Morgan fingerprint density at radius 3 is 2.14 bits per heavy atom. The molecular weight excluding hydrogens is 294 g/mol. The van der Waals surface area contributed by atoms with Crippen LogP contribution in [0.2, 0.25) is 0 Å². The third-order valence-electron chi connectivity index (χ3n) is 3.21. The molecule has 4 nitrogen and oxygen atoms in total. The van der Waals surface area contributed by atoms with Crippen LogP contribution >= 0.6 is 0 Å². The van der Waals surface area contributed by atoms with E-state index in [4.69, 9.17) is 9.47 Å². The highest BCUT2D eigenvalue weighted by molar-refractivity contribution is 6.00. The van der Waals surface area contributed by atoms with Crippen LogP contribution in [0.25, 0.3) is 0 Å². The van der Waals surface area contributed by atoms with Gasteiger partial charge in [0.2, 0.25) is 0 Å². The van der Waals surface area contributed by atoms with Crippen LogP contribution in [0.5, 0.6) is 0 Å². The van der Waals surface area contributed by atoms with Crippen molar-refractivity contribution in [2.75, 3.05) is 13.2 Å². The lowest BCUT2D eigenvalue weighted by atomic mass is 9.81. The minimum Gasteiger partial charge on any atom is -0.465 e. The highest BCUT2D eigenvalue weighted by atomic mass is 19.3. The Balaban J connectivity index is 3.07. The van der Waals surface area contributed by atoms with Gasteiger partial charge in [-0.1, -0.05) is 5.92 Å². The molecule has 1 aliphatic rings. The zero-order valence-electron chi connectivity index (χ0n) is 12.8. The van der Waals surface area contributed by atoms with Crippen LogP contribution in [0.3, 0.4) is 0 Å². The molecular formula is C16H20F2O4. The van der Waals surface area contributed by atoms with E-state index in [0.29, 0.717) is 6.08 Å². The second kappa shape index (κ2) is 8.52. The second-order valence-corrected chi connectivity index (χ2v) is 4.99. The number of hydrogen-bond donors (Lipinski definition) is 0. The molecule has 1 fully saturated rings. The van der Waals surface area contributed by atoms with Crippen molar-refractivity contribution in [1.82, 2.24) is 0 Å². The largest absolute Gasteiger partial charge is 0.465 e. The van der Waals surface area contributed by atoms with E-state index in [-0.39, 0.29) is 25.6 Å². The Labute approximate surface area is 128 Å². The van der Waals surface area contributed by atoms with E-state index in [1.54, 1.807) is 13.8 Å². The summed E-state index contributed by atoms with van der Waals surface area (Å²) in [5, 5.41) is 0. The number of allylic oxidation sites excluding steroid dienone is 1. The van der Waals surface area contributed by atoms with Crippen molar-refractivity contribution < 1.29 is 27.8 Å². The maximum Gasteiger partial charge on any atom is 0.324 e. The van der Waals surface area contributed by atoms with Crippen LogP contribution in [-0.4, -0.2) is 25.2 Å². The molecule has 0 aliphatic heterocycles. The van der Waals surface area contributed by atoms with E-state index in [0.717, 1.165) is 12.8 Å². The molecule has 0 amide bonds. The number of carbonyl (C=O) groups excluding carboxylic acids is 2. The van der Waals surface area contributed by atoms with Crippen molar-refractivity contribution in [2.45, 2.75) is 39.5 Å². The molecule has 0 radical (unpaired) electrons. The van der Waals surface area contributed by atoms with Gasteiger partial charge in [-0.05, 0) is 39.2 Å². The number of hydrogen-bond acceptors (Lipinski definition) is 4. The van der Waals surface area contributed by atoms with Gasteiger partial charge in [-0.2, -0.15) is 8.78 Å². The first-order valence-electron chi connectivity index (χ1n) is 7.30. The zero-order chi connectivity index (χ0) is 16.6. The standard InChI is InChI=1S/C16H20F2O4/c1-3-21-14(19)16(11-9-13(17)18,15(20)22-4-2)10-5-6-12-7-8-12/h9,12H,3-4,7-8,10-11H2,1-2H3. The Kier molecular flexibility index (Phi) is 7.03. The van der Waals surface area contributed by atoms with Crippen LogP contribution in [0, 0.1) is 23.2 Å². The summed E-state index contributed by atoms with van der Waals surface area (Å²) >= 11 is 0. The van der Waals surface area contributed by atoms with Gasteiger partial charge in [0.05, 0.1) is 13.2 Å². The monoisotopic (exact) mass is 314 g/mol. The maximum atomic E-state index is 12.4. The number of ether oxygens (including phenoxy) is 2. The Morgan fingerprint density at radius 2 is 1.73 bits per heavy atom. The third kappa shape index (κ3) is 5.14. The fraction of sp³-hybridized carbons (Fsp3) is 0.625. The molecule has 0 bridgehead atoms. The Bertz CT molecular complexity index is 476. The van der Waals surface area contributed by atoms with Crippen LogP contribution in [-0.2, 0) is 19.1 Å². The lowest BCUT2D eigenvalue weighted by Crippen LogP contribution is -2.41. The molecule has 0 atom stereocenters. The van der Waals surface area contributed by atoms with E-state index in [9.17, 15) is 18.4 Å². The minimum absolute atomic E-state index is 0.0395. The van der Waals surface area contributed by atoms with Crippen molar-refractivity contribution in [3.63, 3.8) is 0 Å². The molecule has 0 aromatic carbocycles. The topological polar surface area (TPSA) is 52.6 Å². The molecule has 22 heavy (non-hydrogen) atoms. The van der Waals surface area contributed by atoms with E-state index in [1.807, 2.05) is 0 Å². The van der Waals surface area contributed by atoms with Gasteiger partial charge < -0.3 is 9.47 Å². The summed E-state index contributed by atoms with van der Waals surface area (Å²) in [6, 6.07) is 0. The molecule has 0 heterocycles. The highest BCUT2D eigenvalue weighted by Gasteiger charge is 2.48. The molecule has 0 saturated heterocycles. The average molecular weight is 314 g/mol. The molecule has 0 spiro atoms. The summed E-state index contributed by atoms with van der Waals surface area (Å²) < 4.78 is 34.7. The van der Waals surface area contributed by atoms with E-state index >= 15 is 0 Å². The number of rotatable bonds is 7. The first kappa shape index (κ1) is 18.1. The van der Waals surface area contributed by atoms with Crippen LogP contribution in [0.4, 0.5) is 8.78 Å². The summed E-state index contributed by atoms with van der Waals surface area (Å²) in [6.45, 7) is 3.24. The third-order valence-corrected chi connectivity index (χ3v) is 3.21. The van der Waals surface area contributed by atoms with E-state index in [2.05, 4.69) is 11.8 Å². The van der Waals surface area contributed by atoms with Gasteiger partial charge in [0, 0.05) is 12.3 Å². The zero-order valence-corrected chi connectivity index (χ0v) is 12.8. The van der Waals surface area contributed by atoms with Crippen molar-refractivity contribution >= 4 is 11.9 Å². The fourth-order valence-electron chi connectivity index (χ4n) is 1.83. The average Bonchev–Trinajstić information content (AvgIpc) is 3.27. The summed E-state index contributed by atoms with van der Waals surface area (Å²) in [4.78, 5) is 24.4. The Morgan fingerprint density at radius 1 is 1.18 bits per heavy atom. The molecule has 122 valence electrons. The predicted octanol–water partition coefficient (Wildman–Crippen LogP) is 3.07. The van der Waals surface area contributed by atoms with Gasteiger partial charge in [-0.15, -0.1) is 5.92 Å². The lowest BCUT2D eigenvalue weighted by molar-refractivity contribution is -0.171. The van der Waals surface area contributed by atoms with Crippen LogP contribution < -0.4 is 0 Å². The quantitative estimate of drug-likeness (QED) is 0.412. The Hall–Kier alpha value is -1.90. The molecule has 1 aliphatic carbocycles. The van der Waals surface area contributed by atoms with Gasteiger partial charge in [-0.25, -0.2) is 0 Å². The van der Waals surface area contributed by atoms with E-state index < -0.39 is 29.9 Å². The molecule has 0 unspecified atom stereocenters. The summed E-state index contributed by atoms with van der Waals surface area (Å²) in [5.41, 5.74) is -1.84. The highest BCUT2D eigenvalue weighted by Crippen LogP contribution is 2.33. The number of esters is 2. The lowest BCUT2D eigenvalue weighted by Gasteiger charge is -2.26. The molecule has 0 aromatic rings. The second-order valence-electron chi connectivity index (χ2n) is 4.99. The first-order valence-corrected chi connectivity index (χ1v) is 7.30. The maximum absolute atomic E-state index is 12.4.